The lowest BCUT2D eigenvalue weighted by Crippen LogP contribution is -2.42. The summed E-state index contributed by atoms with van der Waals surface area (Å²) in [6.07, 6.45) is 4.15. The van der Waals surface area contributed by atoms with Crippen molar-refractivity contribution >= 4 is 18.0 Å². The van der Waals surface area contributed by atoms with Crippen LogP contribution < -0.4 is 5.32 Å². The van der Waals surface area contributed by atoms with Crippen LogP contribution in [0, 0.1) is 11.3 Å². The van der Waals surface area contributed by atoms with Crippen molar-refractivity contribution in [3.05, 3.63) is 0 Å². The van der Waals surface area contributed by atoms with Crippen LogP contribution in [0.15, 0.2) is 0 Å². The highest BCUT2D eigenvalue weighted by molar-refractivity contribution is 5.72. The summed E-state index contributed by atoms with van der Waals surface area (Å²) in [6.45, 7) is 5.59. The molecule has 0 spiro atoms. The number of rotatable bonds is 9. The molecule has 7 heteroatoms. The predicted molar refractivity (Wildman–Crippen MR) is 91.9 cm³/mol. The van der Waals surface area contributed by atoms with Gasteiger partial charge in [0, 0.05) is 13.0 Å². The maximum Gasteiger partial charge on any atom is 0.410 e. The molecule has 0 heterocycles. The van der Waals surface area contributed by atoms with Crippen LogP contribution >= 0.6 is 0 Å². The van der Waals surface area contributed by atoms with Crippen LogP contribution in [0.25, 0.3) is 0 Å². The van der Waals surface area contributed by atoms with Gasteiger partial charge in [-0.15, -0.1) is 0 Å². The van der Waals surface area contributed by atoms with E-state index in [0.29, 0.717) is 12.8 Å². The molecule has 1 aliphatic rings. The first-order valence-corrected chi connectivity index (χ1v) is 9.15. The van der Waals surface area contributed by atoms with Crippen molar-refractivity contribution in [2.24, 2.45) is 11.3 Å². The molecule has 2 N–H and O–H groups in total. The molecule has 0 aromatic rings. The number of hydrogen-bond acceptors (Lipinski definition) is 5. The van der Waals surface area contributed by atoms with Crippen molar-refractivity contribution in [2.75, 3.05) is 6.54 Å². The molecular weight excluding hydrogens is 326 g/mol. The second-order valence-corrected chi connectivity index (χ2v) is 7.20. The second-order valence-electron chi connectivity index (χ2n) is 7.20. The number of hydrogen-bond donors (Lipinski definition) is 2. The second kappa shape index (κ2) is 10.3. The molecule has 144 valence electrons. The van der Waals surface area contributed by atoms with E-state index in [1.54, 1.807) is 13.8 Å². The van der Waals surface area contributed by atoms with E-state index in [-0.39, 0.29) is 18.9 Å². The van der Waals surface area contributed by atoms with Gasteiger partial charge in [0.1, 0.15) is 0 Å². The van der Waals surface area contributed by atoms with Crippen LogP contribution in [0.1, 0.15) is 72.1 Å². The molecule has 1 fully saturated rings. The lowest BCUT2D eigenvalue weighted by Gasteiger charge is -2.36. The molecule has 1 atom stereocenters. The van der Waals surface area contributed by atoms with Crippen LogP contribution in [-0.4, -0.2) is 36.0 Å². The highest BCUT2D eigenvalue weighted by atomic mass is 16.7. The summed E-state index contributed by atoms with van der Waals surface area (Å²) in [5, 5.41) is 11.8. The zero-order valence-corrected chi connectivity index (χ0v) is 15.5. The third-order valence-electron chi connectivity index (χ3n) is 4.53. The minimum atomic E-state index is -0.915. The normalized spacial score (nSPS) is 17.6. The number of carboxylic acids is 1. The predicted octanol–water partition coefficient (Wildman–Crippen LogP) is 3.46. The summed E-state index contributed by atoms with van der Waals surface area (Å²) in [5.74, 6) is -1.57. The number of carboxylic acid groups (broad SMARTS) is 1. The number of carbonyl (C=O) groups excluding carboxylic acids is 2. The van der Waals surface area contributed by atoms with E-state index in [9.17, 15) is 14.4 Å². The average molecular weight is 357 g/mol. The quantitative estimate of drug-likeness (QED) is 0.484. The summed E-state index contributed by atoms with van der Waals surface area (Å²) in [7, 11) is 0. The Morgan fingerprint density at radius 2 is 1.76 bits per heavy atom. The Balaban J connectivity index is 2.56. The molecule has 0 aliphatic heterocycles. The molecule has 1 amide bonds. The third kappa shape index (κ3) is 7.75. The molecule has 25 heavy (non-hydrogen) atoms. The van der Waals surface area contributed by atoms with Gasteiger partial charge in [-0.05, 0) is 24.7 Å². The van der Waals surface area contributed by atoms with Gasteiger partial charge >= 0.3 is 18.0 Å². The summed E-state index contributed by atoms with van der Waals surface area (Å²) in [5.41, 5.74) is -0.419. The van der Waals surface area contributed by atoms with Crippen LogP contribution in [0.2, 0.25) is 0 Å². The lowest BCUT2D eigenvalue weighted by molar-refractivity contribution is -0.172. The smallest absolute Gasteiger partial charge is 0.410 e. The highest BCUT2D eigenvalue weighted by Crippen LogP contribution is 2.38. The van der Waals surface area contributed by atoms with E-state index in [1.807, 2.05) is 6.92 Å². The number of amides is 1. The zero-order valence-electron chi connectivity index (χ0n) is 15.5. The Bertz CT molecular complexity index is 456. The Morgan fingerprint density at radius 1 is 1.12 bits per heavy atom. The van der Waals surface area contributed by atoms with E-state index < -0.39 is 29.7 Å². The Hall–Kier alpha value is -1.79. The van der Waals surface area contributed by atoms with Crippen LogP contribution in [0.5, 0.6) is 0 Å². The highest BCUT2D eigenvalue weighted by Gasteiger charge is 2.35. The van der Waals surface area contributed by atoms with Gasteiger partial charge in [-0.25, -0.2) is 4.79 Å². The van der Waals surface area contributed by atoms with Gasteiger partial charge in [0.15, 0.2) is 0 Å². The molecule has 1 unspecified atom stereocenters. The van der Waals surface area contributed by atoms with Crippen molar-refractivity contribution in [2.45, 2.75) is 78.4 Å². The lowest BCUT2D eigenvalue weighted by atomic mass is 9.72. The zero-order chi connectivity index (χ0) is 18.9. The molecule has 0 aromatic carbocycles. The fourth-order valence-electron chi connectivity index (χ4n) is 3.10. The number of aliphatic carboxylic acids is 1. The number of nitrogens with one attached hydrogen (secondary N) is 1. The molecule has 7 nitrogen and oxygen atoms in total. The standard InChI is InChI=1S/C18H31NO6/c1-4-8-15(24-16(22)13(2)3)25-17(23)19-12-18(11-14(20)21)9-6-5-7-10-18/h13,15H,4-12H2,1-3H3,(H,19,23)(H,20,21). The Kier molecular flexibility index (Phi) is 8.72. The van der Waals surface area contributed by atoms with E-state index in [2.05, 4.69) is 5.32 Å². The molecule has 1 saturated carbocycles. The number of carbonyl (C=O) groups is 3. The largest absolute Gasteiger partial charge is 0.481 e. The van der Waals surface area contributed by atoms with E-state index >= 15 is 0 Å². The topological polar surface area (TPSA) is 102 Å². The number of ether oxygens (including phenoxy) is 2. The first-order chi connectivity index (χ1) is 11.8. The summed E-state index contributed by atoms with van der Waals surface area (Å²) < 4.78 is 10.4. The molecule has 1 aliphatic carbocycles. The van der Waals surface area contributed by atoms with E-state index in [0.717, 1.165) is 32.1 Å². The van der Waals surface area contributed by atoms with Crippen molar-refractivity contribution < 1.29 is 29.0 Å². The molecule has 1 rings (SSSR count). The molecule has 0 bridgehead atoms. The van der Waals surface area contributed by atoms with E-state index in [1.165, 1.54) is 0 Å². The fraction of sp³-hybridized carbons (Fsp3) is 0.833. The molecule has 0 saturated heterocycles. The first-order valence-electron chi connectivity index (χ1n) is 9.15. The SMILES string of the molecule is CCCC(OC(=O)NCC1(CC(=O)O)CCCCC1)OC(=O)C(C)C. The van der Waals surface area contributed by atoms with E-state index in [4.69, 9.17) is 14.6 Å². The summed E-state index contributed by atoms with van der Waals surface area (Å²) in [6, 6.07) is 0. The molecule has 0 aromatic heterocycles. The van der Waals surface area contributed by atoms with Crippen molar-refractivity contribution in [1.29, 1.82) is 0 Å². The maximum absolute atomic E-state index is 12.1. The van der Waals surface area contributed by atoms with Gasteiger partial charge in [0.05, 0.1) is 12.3 Å². The van der Waals surface area contributed by atoms with Crippen molar-refractivity contribution in [3.63, 3.8) is 0 Å². The van der Waals surface area contributed by atoms with Gasteiger partial charge in [-0.2, -0.15) is 0 Å². The minimum absolute atomic E-state index is 0.0357. The summed E-state index contributed by atoms with van der Waals surface area (Å²) in [4.78, 5) is 34.9. The van der Waals surface area contributed by atoms with Crippen molar-refractivity contribution in [3.8, 4) is 0 Å². The van der Waals surface area contributed by atoms with Crippen molar-refractivity contribution in [1.82, 2.24) is 5.32 Å². The van der Waals surface area contributed by atoms with Gasteiger partial charge in [-0.3, -0.25) is 9.59 Å². The maximum atomic E-state index is 12.1. The first kappa shape index (κ1) is 21.3. The average Bonchev–Trinajstić information content (AvgIpc) is 2.53. The Labute approximate surface area is 149 Å². The van der Waals surface area contributed by atoms with Gasteiger partial charge in [-0.1, -0.05) is 40.0 Å². The number of alkyl carbamates (subject to hydrolysis) is 1. The van der Waals surface area contributed by atoms with Gasteiger partial charge in [0.2, 0.25) is 6.29 Å². The van der Waals surface area contributed by atoms with Crippen LogP contribution in [0.3, 0.4) is 0 Å². The molecular formula is C18H31NO6. The monoisotopic (exact) mass is 357 g/mol. The third-order valence-corrected chi connectivity index (χ3v) is 4.53. The van der Waals surface area contributed by atoms with Gasteiger partial charge < -0.3 is 19.9 Å². The van der Waals surface area contributed by atoms with Crippen LogP contribution in [0.4, 0.5) is 4.79 Å². The summed E-state index contributed by atoms with van der Waals surface area (Å²) >= 11 is 0. The molecule has 0 radical (unpaired) electrons. The Morgan fingerprint density at radius 3 is 2.28 bits per heavy atom. The minimum Gasteiger partial charge on any atom is -0.481 e. The number of esters is 1. The fourth-order valence-corrected chi connectivity index (χ4v) is 3.10. The van der Waals surface area contributed by atoms with Crippen LogP contribution in [-0.2, 0) is 19.1 Å². The van der Waals surface area contributed by atoms with Gasteiger partial charge in [0.25, 0.3) is 0 Å².